The zero-order chi connectivity index (χ0) is 13.7. The van der Waals surface area contributed by atoms with Gasteiger partial charge in [-0.25, -0.2) is 0 Å². The predicted molar refractivity (Wildman–Crippen MR) is 80.3 cm³/mol. The highest BCUT2D eigenvalue weighted by Gasteiger charge is 2.10. The Kier molecular flexibility index (Phi) is 4.93. The van der Waals surface area contributed by atoms with Crippen molar-refractivity contribution in [1.82, 2.24) is 4.98 Å². The highest BCUT2D eigenvalue weighted by molar-refractivity contribution is 9.10. The molecule has 2 rings (SSSR count). The summed E-state index contributed by atoms with van der Waals surface area (Å²) in [6, 6.07) is 11.9. The van der Waals surface area contributed by atoms with E-state index in [2.05, 4.69) is 27.0 Å². The van der Waals surface area contributed by atoms with E-state index in [4.69, 9.17) is 10.5 Å². The molecule has 0 spiro atoms. The number of hydrogen-bond donors (Lipinski definition) is 1. The van der Waals surface area contributed by atoms with E-state index >= 15 is 0 Å². The lowest BCUT2D eigenvalue weighted by atomic mass is 10.0. The minimum absolute atomic E-state index is 0.0260. The first kappa shape index (κ1) is 14.0. The van der Waals surface area contributed by atoms with Crippen molar-refractivity contribution in [3.63, 3.8) is 0 Å². The SMILES string of the molecule is COc1ccc(Br)cc1CC(N)Cc1ccccn1. The van der Waals surface area contributed by atoms with Gasteiger partial charge in [-0.1, -0.05) is 22.0 Å². The van der Waals surface area contributed by atoms with Gasteiger partial charge < -0.3 is 10.5 Å². The van der Waals surface area contributed by atoms with Crippen LogP contribution in [0.2, 0.25) is 0 Å². The molecule has 0 amide bonds. The molecule has 0 aliphatic heterocycles. The van der Waals surface area contributed by atoms with E-state index < -0.39 is 0 Å². The van der Waals surface area contributed by atoms with Crippen molar-refractivity contribution < 1.29 is 4.74 Å². The van der Waals surface area contributed by atoms with Crippen LogP contribution in [-0.4, -0.2) is 18.1 Å². The second kappa shape index (κ2) is 6.68. The van der Waals surface area contributed by atoms with Gasteiger partial charge in [0.25, 0.3) is 0 Å². The number of nitrogens with two attached hydrogens (primary N) is 1. The second-order valence-corrected chi connectivity index (χ2v) is 5.36. The predicted octanol–water partition coefficient (Wildman–Crippen LogP) is 2.97. The fourth-order valence-corrected chi connectivity index (χ4v) is 2.46. The second-order valence-electron chi connectivity index (χ2n) is 4.45. The Hall–Kier alpha value is -1.39. The molecule has 0 aliphatic rings. The first-order valence-electron chi connectivity index (χ1n) is 6.17. The maximum absolute atomic E-state index is 6.20. The fourth-order valence-electron chi connectivity index (χ4n) is 2.05. The smallest absolute Gasteiger partial charge is 0.122 e. The van der Waals surface area contributed by atoms with Gasteiger partial charge in [0.05, 0.1) is 7.11 Å². The summed E-state index contributed by atoms with van der Waals surface area (Å²) in [6.07, 6.45) is 3.32. The number of ether oxygens (including phenoxy) is 1. The van der Waals surface area contributed by atoms with E-state index in [1.54, 1.807) is 13.3 Å². The van der Waals surface area contributed by atoms with Gasteiger partial charge in [0, 0.05) is 28.8 Å². The molecular formula is C15H17BrN2O. The van der Waals surface area contributed by atoms with E-state index in [9.17, 15) is 0 Å². The average Bonchev–Trinajstić information content (AvgIpc) is 2.40. The zero-order valence-corrected chi connectivity index (χ0v) is 12.4. The van der Waals surface area contributed by atoms with E-state index in [0.717, 1.165) is 34.3 Å². The van der Waals surface area contributed by atoms with E-state index in [-0.39, 0.29) is 6.04 Å². The molecule has 0 bridgehead atoms. The van der Waals surface area contributed by atoms with Crippen molar-refractivity contribution in [2.24, 2.45) is 5.73 Å². The topological polar surface area (TPSA) is 48.1 Å². The number of hydrogen-bond acceptors (Lipinski definition) is 3. The molecule has 0 fully saturated rings. The first-order valence-corrected chi connectivity index (χ1v) is 6.96. The van der Waals surface area contributed by atoms with E-state index in [1.807, 2.05) is 30.3 Å². The van der Waals surface area contributed by atoms with Gasteiger partial charge in [0.15, 0.2) is 0 Å². The minimum atomic E-state index is 0.0260. The molecule has 1 aromatic heterocycles. The van der Waals surface area contributed by atoms with Crippen molar-refractivity contribution in [3.8, 4) is 5.75 Å². The molecule has 19 heavy (non-hydrogen) atoms. The van der Waals surface area contributed by atoms with Gasteiger partial charge >= 0.3 is 0 Å². The maximum atomic E-state index is 6.20. The molecule has 1 atom stereocenters. The molecular weight excluding hydrogens is 304 g/mol. The Morgan fingerprint density at radius 2 is 2.11 bits per heavy atom. The number of methoxy groups -OCH3 is 1. The average molecular weight is 321 g/mol. The number of rotatable bonds is 5. The monoisotopic (exact) mass is 320 g/mol. The zero-order valence-electron chi connectivity index (χ0n) is 10.8. The summed E-state index contributed by atoms with van der Waals surface area (Å²) in [6.45, 7) is 0. The Labute approximate surface area is 121 Å². The normalized spacial score (nSPS) is 12.2. The number of benzene rings is 1. The Morgan fingerprint density at radius 3 is 2.79 bits per heavy atom. The molecule has 1 unspecified atom stereocenters. The van der Waals surface area contributed by atoms with Crippen LogP contribution in [0.25, 0.3) is 0 Å². The molecule has 1 heterocycles. The van der Waals surface area contributed by atoms with Crippen LogP contribution >= 0.6 is 15.9 Å². The minimum Gasteiger partial charge on any atom is -0.496 e. The standard InChI is InChI=1S/C15H17BrN2O/c1-19-15-6-5-12(16)8-11(15)9-13(17)10-14-4-2-3-7-18-14/h2-8,13H,9-10,17H2,1H3. The molecule has 1 aromatic carbocycles. The van der Waals surface area contributed by atoms with Crippen molar-refractivity contribution in [2.45, 2.75) is 18.9 Å². The first-order chi connectivity index (χ1) is 9.19. The summed E-state index contributed by atoms with van der Waals surface area (Å²) in [5, 5.41) is 0. The third-order valence-corrected chi connectivity index (χ3v) is 3.42. The third kappa shape index (κ3) is 4.04. The summed E-state index contributed by atoms with van der Waals surface area (Å²) in [5.74, 6) is 0.875. The van der Waals surface area contributed by atoms with Gasteiger partial charge in [0.2, 0.25) is 0 Å². The summed E-state index contributed by atoms with van der Waals surface area (Å²) >= 11 is 3.47. The lowest BCUT2D eigenvalue weighted by Crippen LogP contribution is -2.26. The van der Waals surface area contributed by atoms with Gasteiger partial charge in [-0.15, -0.1) is 0 Å². The molecule has 0 radical (unpaired) electrons. The molecule has 0 saturated carbocycles. The van der Waals surface area contributed by atoms with Crippen LogP contribution in [0.15, 0.2) is 47.1 Å². The molecule has 4 heteroatoms. The number of aromatic nitrogens is 1. The summed E-state index contributed by atoms with van der Waals surface area (Å²) in [5.41, 5.74) is 8.33. The third-order valence-electron chi connectivity index (χ3n) is 2.92. The molecule has 2 aromatic rings. The van der Waals surface area contributed by atoms with E-state index in [1.165, 1.54) is 0 Å². The van der Waals surface area contributed by atoms with Crippen LogP contribution < -0.4 is 10.5 Å². The van der Waals surface area contributed by atoms with Crippen molar-refractivity contribution in [1.29, 1.82) is 0 Å². The molecule has 0 aliphatic carbocycles. The highest BCUT2D eigenvalue weighted by atomic mass is 79.9. The fraction of sp³-hybridized carbons (Fsp3) is 0.267. The van der Waals surface area contributed by atoms with Gasteiger partial charge in [-0.3, -0.25) is 4.98 Å². The largest absolute Gasteiger partial charge is 0.496 e. The Morgan fingerprint density at radius 1 is 1.26 bits per heavy atom. The molecule has 0 saturated heterocycles. The van der Waals surface area contributed by atoms with Crippen LogP contribution in [0.5, 0.6) is 5.75 Å². The molecule has 2 N–H and O–H groups in total. The highest BCUT2D eigenvalue weighted by Crippen LogP contribution is 2.24. The number of pyridine rings is 1. The summed E-state index contributed by atoms with van der Waals surface area (Å²) in [4.78, 5) is 4.30. The maximum Gasteiger partial charge on any atom is 0.122 e. The molecule has 3 nitrogen and oxygen atoms in total. The lowest BCUT2D eigenvalue weighted by Gasteiger charge is -2.14. The van der Waals surface area contributed by atoms with Crippen LogP contribution in [-0.2, 0) is 12.8 Å². The van der Waals surface area contributed by atoms with Crippen molar-refractivity contribution in [3.05, 3.63) is 58.3 Å². The Bertz CT molecular complexity index is 531. The number of nitrogens with zero attached hydrogens (tertiary/aromatic N) is 1. The summed E-state index contributed by atoms with van der Waals surface area (Å²) in [7, 11) is 1.68. The summed E-state index contributed by atoms with van der Waals surface area (Å²) < 4.78 is 6.39. The molecule has 100 valence electrons. The van der Waals surface area contributed by atoms with Crippen molar-refractivity contribution >= 4 is 15.9 Å². The lowest BCUT2D eigenvalue weighted by molar-refractivity contribution is 0.407. The van der Waals surface area contributed by atoms with Gasteiger partial charge in [0.1, 0.15) is 5.75 Å². The number of halogens is 1. The van der Waals surface area contributed by atoms with Crippen LogP contribution in [0, 0.1) is 0 Å². The van der Waals surface area contributed by atoms with Crippen molar-refractivity contribution in [2.75, 3.05) is 7.11 Å². The van der Waals surface area contributed by atoms with Crippen LogP contribution in [0.4, 0.5) is 0 Å². The van der Waals surface area contributed by atoms with E-state index in [0.29, 0.717) is 0 Å². The van der Waals surface area contributed by atoms with Crippen LogP contribution in [0.1, 0.15) is 11.3 Å². The quantitative estimate of drug-likeness (QED) is 0.921. The van der Waals surface area contributed by atoms with Crippen LogP contribution in [0.3, 0.4) is 0 Å². The van der Waals surface area contributed by atoms with Gasteiger partial charge in [-0.05, 0) is 42.3 Å². The van der Waals surface area contributed by atoms with Gasteiger partial charge in [-0.2, -0.15) is 0 Å². The Balaban J connectivity index is 2.06.